The van der Waals surface area contributed by atoms with Crippen molar-refractivity contribution in [1.82, 2.24) is 4.57 Å². The molecule has 1 aromatic carbocycles. The Morgan fingerprint density at radius 3 is 2.50 bits per heavy atom. The lowest BCUT2D eigenvalue weighted by Crippen LogP contribution is -2.24. The molecule has 0 amide bonds. The van der Waals surface area contributed by atoms with Crippen molar-refractivity contribution in [3.8, 4) is 5.69 Å². The van der Waals surface area contributed by atoms with Gasteiger partial charge in [-0.2, -0.15) is 0 Å². The largest absolute Gasteiger partial charge is 0.298 e. The fraction of sp³-hybridized carbons (Fsp3) is 0.200. The standard InChI is InChI=1S/C15H13Br2NO2/c16-8-4-7-13-14(17)11(10-19)9-18(15(13)20)12-5-2-1-3-6-12/h1-3,5-6,9-10H,4,7-8H2. The third-order valence-corrected chi connectivity index (χ3v) is 4.48. The van der Waals surface area contributed by atoms with E-state index in [9.17, 15) is 9.59 Å². The van der Waals surface area contributed by atoms with E-state index in [1.165, 1.54) is 4.57 Å². The van der Waals surface area contributed by atoms with Crippen LogP contribution in [-0.2, 0) is 6.42 Å². The number of carbonyl (C=O) groups excluding carboxylic acids is 1. The van der Waals surface area contributed by atoms with Gasteiger partial charge in [0, 0.05) is 32.8 Å². The zero-order valence-corrected chi connectivity index (χ0v) is 13.9. The molecule has 0 aliphatic carbocycles. The van der Waals surface area contributed by atoms with Crippen LogP contribution < -0.4 is 5.56 Å². The zero-order chi connectivity index (χ0) is 14.5. The normalized spacial score (nSPS) is 10.5. The number of nitrogens with zero attached hydrogens (tertiary/aromatic N) is 1. The first-order valence-electron chi connectivity index (χ1n) is 6.19. The van der Waals surface area contributed by atoms with Gasteiger partial charge in [-0.3, -0.25) is 14.2 Å². The SMILES string of the molecule is O=Cc1cn(-c2ccccc2)c(=O)c(CCCBr)c1Br. The van der Waals surface area contributed by atoms with Gasteiger partial charge in [0.05, 0.1) is 0 Å². The van der Waals surface area contributed by atoms with E-state index in [1.54, 1.807) is 6.20 Å². The van der Waals surface area contributed by atoms with Crippen molar-refractivity contribution in [2.45, 2.75) is 12.8 Å². The average Bonchev–Trinajstić information content (AvgIpc) is 2.48. The molecule has 3 nitrogen and oxygen atoms in total. The van der Waals surface area contributed by atoms with Gasteiger partial charge in [-0.15, -0.1) is 0 Å². The number of aromatic nitrogens is 1. The van der Waals surface area contributed by atoms with Crippen LogP contribution in [0.3, 0.4) is 0 Å². The Morgan fingerprint density at radius 2 is 1.90 bits per heavy atom. The van der Waals surface area contributed by atoms with E-state index >= 15 is 0 Å². The van der Waals surface area contributed by atoms with Crippen LogP contribution in [0.25, 0.3) is 5.69 Å². The summed E-state index contributed by atoms with van der Waals surface area (Å²) in [6, 6.07) is 9.31. The molecule has 0 bridgehead atoms. The van der Waals surface area contributed by atoms with Crippen LogP contribution in [0.2, 0.25) is 0 Å². The van der Waals surface area contributed by atoms with Crippen molar-refractivity contribution in [1.29, 1.82) is 0 Å². The van der Waals surface area contributed by atoms with Crippen molar-refractivity contribution in [2.24, 2.45) is 0 Å². The molecule has 1 heterocycles. The number of rotatable bonds is 5. The van der Waals surface area contributed by atoms with E-state index in [4.69, 9.17) is 0 Å². The lowest BCUT2D eigenvalue weighted by Gasteiger charge is -2.12. The fourth-order valence-electron chi connectivity index (χ4n) is 1.99. The molecule has 0 unspecified atom stereocenters. The molecular weight excluding hydrogens is 386 g/mol. The number of benzene rings is 1. The zero-order valence-electron chi connectivity index (χ0n) is 10.7. The first-order chi connectivity index (χ1) is 9.69. The summed E-state index contributed by atoms with van der Waals surface area (Å²) in [5.74, 6) is 0. The minimum absolute atomic E-state index is 0.0883. The van der Waals surface area contributed by atoms with Crippen molar-refractivity contribution >= 4 is 38.1 Å². The van der Waals surface area contributed by atoms with Gasteiger partial charge in [0.25, 0.3) is 5.56 Å². The Morgan fingerprint density at radius 1 is 1.20 bits per heavy atom. The first kappa shape index (κ1) is 15.2. The number of para-hydroxylation sites is 1. The molecule has 2 aromatic rings. The molecule has 0 saturated carbocycles. The van der Waals surface area contributed by atoms with Gasteiger partial charge in [0.2, 0.25) is 0 Å². The van der Waals surface area contributed by atoms with Crippen LogP contribution in [0.1, 0.15) is 22.3 Å². The monoisotopic (exact) mass is 397 g/mol. The van der Waals surface area contributed by atoms with Gasteiger partial charge in [-0.25, -0.2) is 0 Å². The molecule has 0 N–H and O–H groups in total. The smallest absolute Gasteiger partial charge is 0.259 e. The molecule has 20 heavy (non-hydrogen) atoms. The second-order valence-corrected chi connectivity index (χ2v) is 5.88. The summed E-state index contributed by atoms with van der Waals surface area (Å²) in [6.45, 7) is 0. The van der Waals surface area contributed by atoms with E-state index in [0.29, 0.717) is 22.0 Å². The van der Waals surface area contributed by atoms with Gasteiger partial charge in [0.15, 0.2) is 6.29 Å². The number of aldehydes is 1. The maximum atomic E-state index is 12.6. The summed E-state index contributed by atoms with van der Waals surface area (Å²) >= 11 is 6.73. The highest BCUT2D eigenvalue weighted by Gasteiger charge is 2.14. The van der Waals surface area contributed by atoms with Gasteiger partial charge in [-0.05, 0) is 40.9 Å². The maximum absolute atomic E-state index is 12.6. The second kappa shape index (κ2) is 6.99. The third-order valence-electron chi connectivity index (χ3n) is 2.99. The lowest BCUT2D eigenvalue weighted by atomic mass is 10.1. The highest BCUT2D eigenvalue weighted by molar-refractivity contribution is 9.10. The van der Waals surface area contributed by atoms with E-state index in [0.717, 1.165) is 23.7 Å². The van der Waals surface area contributed by atoms with Crippen LogP contribution >= 0.6 is 31.9 Å². The highest BCUT2D eigenvalue weighted by atomic mass is 79.9. The molecule has 104 valence electrons. The topological polar surface area (TPSA) is 39.1 Å². The quantitative estimate of drug-likeness (QED) is 0.568. The Labute approximate surface area is 133 Å². The minimum Gasteiger partial charge on any atom is -0.298 e. The van der Waals surface area contributed by atoms with Gasteiger partial charge < -0.3 is 0 Å². The van der Waals surface area contributed by atoms with Crippen molar-refractivity contribution in [2.75, 3.05) is 5.33 Å². The number of pyridine rings is 1. The fourth-order valence-corrected chi connectivity index (χ4v) is 2.83. The summed E-state index contributed by atoms with van der Waals surface area (Å²) in [5, 5.41) is 0.815. The number of halogens is 2. The third kappa shape index (κ3) is 3.10. The minimum atomic E-state index is -0.0883. The second-order valence-electron chi connectivity index (χ2n) is 4.30. The van der Waals surface area contributed by atoms with Crippen molar-refractivity contribution in [3.63, 3.8) is 0 Å². The molecule has 0 radical (unpaired) electrons. The average molecular weight is 399 g/mol. The van der Waals surface area contributed by atoms with E-state index in [2.05, 4.69) is 31.9 Å². The molecule has 5 heteroatoms. The van der Waals surface area contributed by atoms with Crippen molar-refractivity contribution < 1.29 is 4.79 Å². The predicted octanol–water partition coefficient (Wildman–Crippen LogP) is 3.74. The number of carbonyl (C=O) groups is 1. The van der Waals surface area contributed by atoms with Crippen molar-refractivity contribution in [3.05, 3.63) is 62.5 Å². The van der Waals surface area contributed by atoms with Crippen LogP contribution in [0, 0.1) is 0 Å². The summed E-state index contributed by atoms with van der Waals surface area (Å²) in [5.41, 5.74) is 1.79. The highest BCUT2D eigenvalue weighted by Crippen LogP contribution is 2.20. The lowest BCUT2D eigenvalue weighted by molar-refractivity contribution is 0.112. The Kier molecular flexibility index (Phi) is 5.31. The van der Waals surface area contributed by atoms with E-state index in [-0.39, 0.29) is 5.56 Å². The van der Waals surface area contributed by atoms with Crippen LogP contribution in [0.4, 0.5) is 0 Å². The molecule has 0 fully saturated rings. The van der Waals surface area contributed by atoms with E-state index < -0.39 is 0 Å². The van der Waals surface area contributed by atoms with Gasteiger partial charge in [-0.1, -0.05) is 34.1 Å². The molecule has 0 saturated heterocycles. The molecule has 0 aliphatic rings. The van der Waals surface area contributed by atoms with Crippen LogP contribution in [0.5, 0.6) is 0 Å². The molecule has 0 spiro atoms. The predicted molar refractivity (Wildman–Crippen MR) is 87.2 cm³/mol. The maximum Gasteiger partial charge on any atom is 0.259 e. The molecule has 2 rings (SSSR count). The molecule has 1 aromatic heterocycles. The van der Waals surface area contributed by atoms with Gasteiger partial charge in [0.1, 0.15) is 0 Å². The molecular formula is C15H13Br2NO2. The summed E-state index contributed by atoms with van der Waals surface area (Å²) < 4.78 is 2.13. The van der Waals surface area contributed by atoms with Gasteiger partial charge >= 0.3 is 0 Å². The van der Waals surface area contributed by atoms with Crippen LogP contribution in [-0.4, -0.2) is 16.2 Å². The Balaban J connectivity index is 2.64. The number of hydrogen-bond acceptors (Lipinski definition) is 2. The van der Waals surface area contributed by atoms with Crippen LogP contribution in [0.15, 0.2) is 45.8 Å². The number of alkyl halides is 1. The Hall–Kier alpha value is -1.20. The summed E-state index contributed by atoms with van der Waals surface area (Å²) in [7, 11) is 0. The van der Waals surface area contributed by atoms with E-state index in [1.807, 2.05) is 30.3 Å². The number of hydrogen-bond donors (Lipinski definition) is 0. The summed E-state index contributed by atoms with van der Waals surface area (Å²) in [6.07, 6.45) is 3.80. The molecule has 0 aliphatic heterocycles. The Bertz CT molecular complexity index is 666. The first-order valence-corrected chi connectivity index (χ1v) is 8.11. The molecule has 0 atom stereocenters. The summed E-state index contributed by atoms with van der Waals surface area (Å²) in [4.78, 5) is 23.8.